The number of nitrogens with one attached hydrogen (secondary N) is 1. The van der Waals surface area contributed by atoms with Crippen LogP contribution >= 0.6 is 11.8 Å². The van der Waals surface area contributed by atoms with E-state index in [1.807, 2.05) is 30.3 Å². The summed E-state index contributed by atoms with van der Waals surface area (Å²) in [7, 11) is 0. The van der Waals surface area contributed by atoms with Crippen molar-refractivity contribution >= 4 is 23.6 Å². The molecule has 1 aromatic heterocycles. The molecule has 0 aliphatic carbocycles. The maximum atomic E-state index is 14.3. The Hall–Kier alpha value is -3.20. The minimum atomic E-state index is -0.615. The first kappa shape index (κ1) is 20.5. The standard InChI is InChI=1S/C20H20FN5O2S/c21-16-9-5-4-8-15(16)19-24-25-20(29-13-18(28)23-12-17(22)27)26(19)11-10-14-6-2-1-3-7-14/h1-9H,10-13H2,(H2,22,27)(H,23,28). The Kier molecular flexibility index (Phi) is 6.96. The second kappa shape index (κ2) is 9.83. The first-order valence-corrected chi connectivity index (χ1v) is 9.93. The normalized spacial score (nSPS) is 10.7. The van der Waals surface area contributed by atoms with Gasteiger partial charge in [0.2, 0.25) is 11.8 Å². The molecule has 0 saturated carbocycles. The van der Waals surface area contributed by atoms with Gasteiger partial charge >= 0.3 is 0 Å². The third kappa shape index (κ3) is 5.64. The molecular weight excluding hydrogens is 393 g/mol. The number of hydrogen-bond acceptors (Lipinski definition) is 5. The molecule has 3 aromatic rings. The Labute approximate surface area is 171 Å². The predicted molar refractivity (Wildman–Crippen MR) is 108 cm³/mol. The fourth-order valence-corrected chi connectivity index (χ4v) is 3.49. The smallest absolute Gasteiger partial charge is 0.236 e. The first-order valence-electron chi connectivity index (χ1n) is 8.94. The van der Waals surface area contributed by atoms with Gasteiger partial charge in [0.15, 0.2) is 11.0 Å². The van der Waals surface area contributed by atoms with Crippen molar-refractivity contribution in [2.24, 2.45) is 5.73 Å². The van der Waals surface area contributed by atoms with Crippen LogP contribution in [0.4, 0.5) is 4.39 Å². The number of thioether (sulfide) groups is 1. The molecule has 7 nitrogen and oxygen atoms in total. The van der Waals surface area contributed by atoms with Crippen LogP contribution in [-0.2, 0) is 22.6 Å². The van der Waals surface area contributed by atoms with Crippen molar-refractivity contribution in [2.75, 3.05) is 12.3 Å². The fraction of sp³-hybridized carbons (Fsp3) is 0.200. The minimum absolute atomic E-state index is 0.0357. The average Bonchev–Trinajstić information content (AvgIpc) is 3.12. The van der Waals surface area contributed by atoms with Crippen molar-refractivity contribution in [3.63, 3.8) is 0 Å². The molecule has 150 valence electrons. The number of carbonyl (C=O) groups is 2. The molecule has 0 bridgehead atoms. The highest BCUT2D eigenvalue weighted by Gasteiger charge is 2.18. The molecule has 2 amide bonds. The van der Waals surface area contributed by atoms with E-state index in [1.54, 1.807) is 22.8 Å². The van der Waals surface area contributed by atoms with Gasteiger partial charge in [0, 0.05) is 6.54 Å². The van der Waals surface area contributed by atoms with Crippen LogP contribution in [0.1, 0.15) is 5.56 Å². The largest absolute Gasteiger partial charge is 0.368 e. The van der Waals surface area contributed by atoms with Crippen molar-refractivity contribution in [1.82, 2.24) is 20.1 Å². The first-order chi connectivity index (χ1) is 14.0. The lowest BCUT2D eigenvalue weighted by Crippen LogP contribution is -2.34. The van der Waals surface area contributed by atoms with Gasteiger partial charge in [-0.2, -0.15) is 0 Å². The number of aromatic nitrogens is 3. The van der Waals surface area contributed by atoms with Crippen LogP contribution in [0.2, 0.25) is 0 Å². The number of carbonyl (C=O) groups excluding carboxylic acids is 2. The van der Waals surface area contributed by atoms with E-state index in [-0.39, 0.29) is 18.2 Å². The highest BCUT2D eigenvalue weighted by Crippen LogP contribution is 2.26. The molecule has 29 heavy (non-hydrogen) atoms. The van der Waals surface area contributed by atoms with Crippen LogP contribution in [0.5, 0.6) is 0 Å². The van der Waals surface area contributed by atoms with E-state index < -0.39 is 11.7 Å². The summed E-state index contributed by atoms with van der Waals surface area (Å²) in [5.41, 5.74) is 6.49. The number of aryl methyl sites for hydroxylation is 1. The third-order valence-electron chi connectivity index (χ3n) is 4.09. The molecule has 9 heteroatoms. The van der Waals surface area contributed by atoms with Gasteiger partial charge in [0.25, 0.3) is 0 Å². The summed E-state index contributed by atoms with van der Waals surface area (Å²) in [6.07, 6.45) is 0.696. The van der Waals surface area contributed by atoms with Crippen LogP contribution in [0.15, 0.2) is 59.8 Å². The van der Waals surface area contributed by atoms with E-state index in [4.69, 9.17) is 5.73 Å². The van der Waals surface area contributed by atoms with Gasteiger partial charge in [0.05, 0.1) is 17.9 Å². The van der Waals surface area contributed by atoms with Crippen molar-refractivity contribution in [3.05, 3.63) is 66.0 Å². The molecule has 0 saturated heterocycles. The second-order valence-electron chi connectivity index (χ2n) is 6.20. The number of benzene rings is 2. The lowest BCUT2D eigenvalue weighted by Gasteiger charge is -2.11. The molecule has 3 rings (SSSR count). The molecule has 2 aromatic carbocycles. The van der Waals surface area contributed by atoms with Gasteiger partial charge in [-0.3, -0.25) is 9.59 Å². The number of rotatable bonds is 9. The lowest BCUT2D eigenvalue weighted by atomic mass is 10.1. The zero-order valence-electron chi connectivity index (χ0n) is 15.5. The lowest BCUT2D eigenvalue weighted by molar-refractivity contribution is -0.123. The summed E-state index contributed by atoms with van der Waals surface area (Å²) in [6.45, 7) is 0.298. The molecule has 3 N–H and O–H groups in total. The number of nitrogens with zero attached hydrogens (tertiary/aromatic N) is 3. The van der Waals surface area contributed by atoms with Crippen LogP contribution < -0.4 is 11.1 Å². The molecular formula is C20H20FN5O2S. The maximum Gasteiger partial charge on any atom is 0.236 e. The van der Waals surface area contributed by atoms with Gasteiger partial charge in [-0.1, -0.05) is 54.2 Å². The number of halogens is 1. The Morgan fingerprint density at radius 1 is 1.07 bits per heavy atom. The minimum Gasteiger partial charge on any atom is -0.368 e. The summed E-state index contributed by atoms with van der Waals surface area (Å²) in [5, 5.41) is 11.2. The van der Waals surface area contributed by atoms with Crippen LogP contribution in [-0.4, -0.2) is 38.9 Å². The zero-order chi connectivity index (χ0) is 20.6. The Balaban J connectivity index is 1.81. The highest BCUT2D eigenvalue weighted by atomic mass is 32.2. The molecule has 0 fully saturated rings. The van der Waals surface area contributed by atoms with Crippen molar-refractivity contribution in [2.45, 2.75) is 18.1 Å². The molecule has 1 heterocycles. The summed E-state index contributed by atoms with van der Waals surface area (Å²) >= 11 is 1.17. The van der Waals surface area contributed by atoms with E-state index >= 15 is 0 Å². The van der Waals surface area contributed by atoms with E-state index in [2.05, 4.69) is 15.5 Å². The van der Waals surface area contributed by atoms with Crippen LogP contribution in [0.3, 0.4) is 0 Å². The topological polar surface area (TPSA) is 103 Å². The van der Waals surface area contributed by atoms with E-state index in [1.165, 1.54) is 17.8 Å². The summed E-state index contributed by atoms with van der Waals surface area (Å²) < 4.78 is 16.1. The number of nitrogens with two attached hydrogens (primary N) is 1. The number of primary amides is 1. The number of hydrogen-bond donors (Lipinski definition) is 2. The molecule has 0 radical (unpaired) electrons. The molecule has 0 aliphatic heterocycles. The summed E-state index contributed by atoms with van der Waals surface area (Å²) in [6, 6.07) is 16.2. The van der Waals surface area contributed by atoms with Crippen LogP contribution in [0.25, 0.3) is 11.4 Å². The van der Waals surface area contributed by atoms with E-state index in [9.17, 15) is 14.0 Å². The summed E-state index contributed by atoms with van der Waals surface area (Å²) in [5.74, 6) is -0.917. The Morgan fingerprint density at radius 2 is 1.79 bits per heavy atom. The predicted octanol–water partition coefficient (Wildman–Crippen LogP) is 2.02. The van der Waals surface area contributed by atoms with Gasteiger partial charge in [-0.05, 0) is 24.1 Å². The molecule has 0 aliphatic rings. The second-order valence-corrected chi connectivity index (χ2v) is 7.15. The quantitative estimate of drug-likeness (QED) is 0.523. The van der Waals surface area contributed by atoms with Gasteiger partial charge in [-0.15, -0.1) is 10.2 Å². The maximum absolute atomic E-state index is 14.3. The SMILES string of the molecule is NC(=O)CNC(=O)CSc1nnc(-c2ccccc2F)n1CCc1ccccc1. The Bertz CT molecular complexity index is 994. The van der Waals surface area contributed by atoms with Gasteiger partial charge < -0.3 is 15.6 Å². The fourth-order valence-electron chi connectivity index (χ4n) is 2.69. The van der Waals surface area contributed by atoms with Crippen molar-refractivity contribution < 1.29 is 14.0 Å². The molecule has 0 atom stereocenters. The highest BCUT2D eigenvalue weighted by molar-refractivity contribution is 7.99. The molecule has 0 unspecified atom stereocenters. The monoisotopic (exact) mass is 413 g/mol. The number of amides is 2. The van der Waals surface area contributed by atoms with Crippen LogP contribution in [0, 0.1) is 5.82 Å². The summed E-state index contributed by atoms with van der Waals surface area (Å²) in [4.78, 5) is 22.7. The van der Waals surface area contributed by atoms with E-state index in [0.717, 1.165) is 5.56 Å². The Morgan fingerprint density at radius 3 is 2.52 bits per heavy atom. The van der Waals surface area contributed by atoms with Gasteiger partial charge in [-0.25, -0.2) is 4.39 Å². The van der Waals surface area contributed by atoms with Crippen molar-refractivity contribution in [1.29, 1.82) is 0 Å². The van der Waals surface area contributed by atoms with Crippen molar-refractivity contribution in [3.8, 4) is 11.4 Å². The van der Waals surface area contributed by atoms with E-state index in [0.29, 0.717) is 29.5 Å². The molecule has 0 spiro atoms. The third-order valence-corrected chi connectivity index (χ3v) is 5.06. The zero-order valence-corrected chi connectivity index (χ0v) is 16.4. The van der Waals surface area contributed by atoms with Gasteiger partial charge in [0.1, 0.15) is 5.82 Å². The average molecular weight is 413 g/mol.